The summed E-state index contributed by atoms with van der Waals surface area (Å²) in [4.78, 5) is 16.2. The van der Waals surface area contributed by atoms with Gasteiger partial charge >= 0.3 is 5.97 Å². The second-order valence-electron chi connectivity index (χ2n) is 4.59. The van der Waals surface area contributed by atoms with Crippen molar-refractivity contribution in [1.82, 2.24) is 0 Å². The highest BCUT2D eigenvalue weighted by Gasteiger charge is 2.25. The van der Waals surface area contributed by atoms with Crippen LogP contribution in [0.15, 0.2) is 59.2 Å². The number of ether oxygens (including phenoxy) is 2. The molecule has 2 aromatic rings. The van der Waals surface area contributed by atoms with E-state index in [2.05, 4.69) is 4.99 Å². The quantitative estimate of drug-likeness (QED) is 0.641. The SMILES string of the molecule is COc1cccc(/C=C2/N=C(c3ccccc3Cl)OC2=O)c1. The summed E-state index contributed by atoms with van der Waals surface area (Å²) in [5.41, 5.74) is 1.62. The van der Waals surface area contributed by atoms with E-state index in [0.29, 0.717) is 16.3 Å². The van der Waals surface area contributed by atoms with Crippen LogP contribution in [0.25, 0.3) is 6.08 Å². The average Bonchev–Trinajstić information content (AvgIpc) is 2.89. The molecule has 0 radical (unpaired) electrons. The molecule has 0 bridgehead atoms. The van der Waals surface area contributed by atoms with Gasteiger partial charge in [0.1, 0.15) is 5.75 Å². The molecule has 1 aliphatic heterocycles. The molecule has 110 valence electrons. The summed E-state index contributed by atoms with van der Waals surface area (Å²) in [7, 11) is 1.59. The van der Waals surface area contributed by atoms with E-state index >= 15 is 0 Å². The first kappa shape index (κ1) is 14.4. The number of methoxy groups -OCH3 is 1. The molecular weight excluding hydrogens is 302 g/mol. The first-order valence-corrected chi connectivity index (χ1v) is 6.96. The Kier molecular flexibility index (Phi) is 3.94. The Hall–Kier alpha value is -2.59. The fraction of sp³-hybridized carbons (Fsp3) is 0.0588. The minimum atomic E-state index is -0.502. The third-order valence-electron chi connectivity index (χ3n) is 3.12. The molecule has 3 rings (SSSR count). The van der Waals surface area contributed by atoms with Gasteiger partial charge in [-0.1, -0.05) is 35.9 Å². The Bertz CT molecular complexity index is 796. The van der Waals surface area contributed by atoms with E-state index < -0.39 is 5.97 Å². The number of halogens is 1. The van der Waals surface area contributed by atoms with Crippen LogP contribution in [0.2, 0.25) is 5.02 Å². The van der Waals surface area contributed by atoms with Crippen molar-refractivity contribution < 1.29 is 14.3 Å². The normalized spacial score (nSPS) is 15.6. The second-order valence-corrected chi connectivity index (χ2v) is 5.00. The maximum atomic E-state index is 11.9. The molecule has 0 amide bonds. The lowest BCUT2D eigenvalue weighted by molar-refractivity contribution is -0.129. The first-order chi connectivity index (χ1) is 10.7. The average molecular weight is 314 g/mol. The number of carbonyl (C=O) groups excluding carboxylic acids is 1. The molecule has 0 aliphatic carbocycles. The number of aliphatic imine (C=N–C) groups is 1. The molecule has 0 saturated heterocycles. The lowest BCUT2D eigenvalue weighted by Crippen LogP contribution is -2.05. The fourth-order valence-corrected chi connectivity index (χ4v) is 2.26. The standard InChI is InChI=1S/C17H12ClNO3/c1-21-12-6-4-5-11(9-12)10-15-17(20)22-16(19-15)13-7-2-3-8-14(13)18/h2-10H,1H3/b15-10+. The Morgan fingerprint density at radius 2 is 2.00 bits per heavy atom. The molecule has 0 aromatic heterocycles. The van der Waals surface area contributed by atoms with Gasteiger partial charge in [-0.2, -0.15) is 0 Å². The maximum absolute atomic E-state index is 11.9. The van der Waals surface area contributed by atoms with Crippen molar-refractivity contribution >= 4 is 29.5 Å². The van der Waals surface area contributed by atoms with Crippen LogP contribution >= 0.6 is 11.6 Å². The van der Waals surface area contributed by atoms with Crippen molar-refractivity contribution in [2.75, 3.05) is 7.11 Å². The maximum Gasteiger partial charge on any atom is 0.363 e. The van der Waals surface area contributed by atoms with E-state index in [1.54, 1.807) is 37.5 Å². The van der Waals surface area contributed by atoms with Crippen LogP contribution in [-0.2, 0) is 9.53 Å². The van der Waals surface area contributed by atoms with E-state index in [1.165, 1.54) is 0 Å². The Morgan fingerprint density at radius 1 is 1.18 bits per heavy atom. The summed E-state index contributed by atoms with van der Waals surface area (Å²) in [5, 5.41) is 0.483. The zero-order valence-electron chi connectivity index (χ0n) is 11.7. The van der Waals surface area contributed by atoms with E-state index in [4.69, 9.17) is 21.1 Å². The zero-order chi connectivity index (χ0) is 15.5. The summed E-state index contributed by atoms with van der Waals surface area (Å²) in [6.45, 7) is 0. The summed E-state index contributed by atoms with van der Waals surface area (Å²) >= 11 is 6.09. The number of rotatable bonds is 3. The van der Waals surface area contributed by atoms with Gasteiger partial charge in [-0.05, 0) is 35.9 Å². The lowest BCUT2D eigenvalue weighted by atomic mass is 10.2. The van der Waals surface area contributed by atoms with Gasteiger partial charge in [-0.15, -0.1) is 0 Å². The Balaban J connectivity index is 1.96. The van der Waals surface area contributed by atoms with Crippen LogP contribution in [0.5, 0.6) is 5.75 Å². The van der Waals surface area contributed by atoms with Gasteiger partial charge in [0.15, 0.2) is 5.70 Å². The van der Waals surface area contributed by atoms with Gasteiger partial charge in [0.05, 0.1) is 17.7 Å². The van der Waals surface area contributed by atoms with Crippen LogP contribution < -0.4 is 4.74 Å². The molecular formula is C17H12ClNO3. The summed E-state index contributed by atoms with van der Waals surface area (Å²) in [6, 6.07) is 14.4. The van der Waals surface area contributed by atoms with Crippen molar-refractivity contribution in [3.05, 3.63) is 70.4 Å². The summed E-state index contributed by atoms with van der Waals surface area (Å²) in [5.74, 6) is 0.415. The first-order valence-electron chi connectivity index (χ1n) is 6.59. The van der Waals surface area contributed by atoms with Crippen LogP contribution in [0.1, 0.15) is 11.1 Å². The molecule has 0 unspecified atom stereocenters. The summed E-state index contributed by atoms with van der Waals surface area (Å²) in [6.07, 6.45) is 1.65. The second kappa shape index (κ2) is 6.03. The highest BCUT2D eigenvalue weighted by atomic mass is 35.5. The van der Waals surface area contributed by atoms with E-state index in [-0.39, 0.29) is 11.6 Å². The molecule has 0 N–H and O–H groups in total. The lowest BCUT2D eigenvalue weighted by Gasteiger charge is -2.00. The number of nitrogens with zero attached hydrogens (tertiary/aromatic N) is 1. The third-order valence-corrected chi connectivity index (χ3v) is 3.45. The van der Waals surface area contributed by atoms with Crippen LogP contribution in [-0.4, -0.2) is 19.0 Å². The Labute approximate surface area is 132 Å². The van der Waals surface area contributed by atoms with Gasteiger partial charge in [-0.25, -0.2) is 9.79 Å². The molecule has 0 fully saturated rings. The van der Waals surface area contributed by atoms with Crippen LogP contribution in [0.3, 0.4) is 0 Å². The molecule has 0 saturated carbocycles. The number of carbonyl (C=O) groups is 1. The highest BCUT2D eigenvalue weighted by molar-refractivity contribution is 6.34. The fourth-order valence-electron chi connectivity index (χ4n) is 2.05. The molecule has 1 aliphatic rings. The van der Waals surface area contributed by atoms with Crippen molar-refractivity contribution in [3.8, 4) is 5.75 Å². The molecule has 5 heteroatoms. The summed E-state index contributed by atoms with van der Waals surface area (Å²) < 4.78 is 10.4. The smallest absolute Gasteiger partial charge is 0.363 e. The molecule has 4 nitrogen and oxygen atoms in total. The number of hydrogen-bond acceptors (Lipinski definition) is 4. The van der Waals surface area contributed by atoms with Crippen LogP contribution in [0.4, 0.5) is 0 Å². The molecule has 1 heterocycles. The van der Waals surface area contributed by atoms with Crippen molar-refractivity contribution in [3.63, 3.8) is 0 Å². The molecule has 22 heavy (non-hydrogen) atoms. The van der Waals surface area contributed by atoms with Gasteiger partial charge in [-0.3, -0.25) is 0 Å². The predicted molar refractivity (Wildman–Crippen MR) is 85.1 cm³/mol. The largest absolute Gasteiger partial charge is 0.497 e. The van der Waals surface area contributed by atoms with Crippen molar-refractivity contribution in [2.24, 2.45) is 4.99 Å². The van der Waals surface area contributed by atoms with Gasteiger partial charge in [0.25, 0.3) is 0 Å². The number of esters is 1. The predicted octanol–water partition coefficient (Wildman–Crippen LogP) is 3.69. The minimum absolute atomic E-state index is 0.213. The van der Waals surface area contributed by atoms with E-state index in [0.717, 1.165) is 5.56 Å². The van der Waals surface area contributed by atoms with E-state index in [1.807, 2.05) is 24.3 Å². The van der Waals surface area contributed by atoms with Crippen LogP contribution in [0, 0.1) is 0 Å². The number of hydrogen-bond donors (Lipinski definition) is 0. The highest BCUT2D eigenvalue weighted by Crippen LogP contribution is 2.24. The van der Waals surface area contributed by atoms with E-state index in [9.17, 15) is 4.79 Å². The van der Waals surface area contributed by atoms with Crippen molar-refractivity contribution in [1.29, 1.82) is 0 Å². The topological polar surface area (TPSA) is 47.9 Å². The monoisotopic (exact) mass is 313 g/mol. The zero-order valence-corrected chi connectivity index (χ0v) is 12.5. The van der Waals surface area contributed by atoms with Crippen molar-refractivity contribution in [2.45, 2.75) is 0 Å². The van der Waals surface area contributed by atoms with Gasteiger partial charge in [0, 0.05) is 0 Å². The molecule has 2 aromatic carbocycles. The molecule has 0 atom stereocenters. The Morgan fingerprint density at radius 3 is 2.77 bits per heavy atom. The molecule has 0 spiro atoms. The third kappa shape index (κ3) is 2.87. The number of benzene rings is 2. The minimum Gasteiger partial charge on any atom is -0.497 e. The number of cyclic esters (lactones) is 1. The van der Waals surface area contributed by atoms with Gasteiger partial charge < -0.3 is 9.47 Å². The van der Waals surface area contributed by atoms with Gasteiger partial charge in [0.2, 0.25) is 5.90 Å².